The molecule has 0 unspecified atom stereocenters. The van der Waals surface area contributed by atoms with E-state index in [1.165, 1.54) is 12.8 Å². The third kappa shape index (κ3) is 2.19. The number of anilines is 3. The van der Waals surface area contributed by atoms with Gasteiger partial charge in [0.1, 0.15) is 0 Å². The Kier molecular flexibility index (Phi) is 3.15. The summed E-state index contributed by atoms with van der Waals surface area (Å²) in [6, 6.07) is 3.63. The molecule has 88 valence electrons. The molecule has 0 aliphatic carbocycles. The predicted molar refractivity (Wildman–Crippen MR) is 70.9 cm³/mol. The van der Waals surface area contributed by atoms with Crippen LogP contribution in [0.1, 0.15) is 19.8 Å². The van der Waals surface area contributed by atoms with Gasteiger partial charge < -0.3 is 16.4 Å². The lowest BCUT2D eigenvalue weighted by Crippen LogP contribution is -2.34. The van der Waals surface area contributed by atoms with Crippen LogP contribution in [0.25, 0.3) is 0 Å². The lowest BCUT2D eigenvalue weighted by molar-refractivity contribution is 0.447. The first-order valence-corrected chi connectivity index (χ1v) is 6.05. The minimum atomic E-state index is 0.554. The van der Waals surface area contributed by atoms with Gasteiger partial charge in [0.05, 0.1) is 22.1 Å². The second kappa shape index (κ2) is 4.42. The molecule has 16 heavy (non-hydrogen) atoms. The van der Waals surface area contributed by atoms with Crippen molar-refractivity contribution in [3.8, 4) is 0 Å². The van der Waals surface area contributed by atoms with Crippen LogP contribution >= 0.6 is 11.6 Å². The highest BCUT2D eigenvalue weighted by atomic mass is 35.5. The van der Waals surface area contributed by atoms with Crippen LogP contribution in [0, 0.1) is 5.92 Å². The third-order valence-corrected chi connectivity index (χ3v) is 3.45. The van der Waals surface area contributed by atoms with E-state index in [9.17, 15) is 0 Å². The second-order valence-corrected chi connectivity index (χ2v) is 5.03. The molecule has 0 radical (unpaired) electrons. The molecule has 2 rings (SSSR count). The lowest BCUT2D eigenvalue weighted by atomic mass is 9.99. The van der Waals surface area contributed by atoms with Crippen LogP contribution < -0.4 is 16.4 Å². The normalized spacial score (nSPS) is 21.1. The fourth-order valence-electron chi connectivity index (χ4n) is 2.24. The fourth-order valence-corrected chi connectivity index (χ4v) is 2.54. The Bertz CT molecular complexity index is 392. The number of piperidine rings is 1. The molecule has 0 amide bonds. The molecule has 4 N–H and O–H groups in total. The van der Waals surface area contributed by atoms with Crippen molar-refractivity contribution in [1.29, 1.82) is 0 Å². The van der Waals surface area contributed by atoms with Crippen LogP contribution in [0.5, 0.6) is 0 Å². The van der Waals surface area contributed by atoms with Gasteiger partial charge in [0, 0.05) is 13.1 Å². The Labute approximate surface area is 101 Å². The number of nitrogens with two attached hydrogens (primary N) is 2. The summed E-state index contributed by atoms with van der Waals surface area (Å²) in [6.07, 6.45) is 2.50. The van der Waals surface area contributed by atoms with Gasteiger partial charge in [-0.25, -0.2) is 0 Å². The van der Waals surface area contributed by atoms with Crippen molar-refractivity contribution in [2.24, 2.45) is 5.92 Å². The van der Waals surface area contributed by atoms with Crippen molar-refractivity contribution in [3.63, 3.8) is 0 Å². The number of benzene rings is 1. The average molecular weight is 240 g/mol. The number of nitrogens with zero attached hydrogens (tertiary/aromatic N) is 1. The Morgan fingerprint density at radius 2 is 2.00 bits per heavy atom. The largest absolute Gasteiger partial charge is 0.397 e. The molecule has 3 nitrogen and oxygen atoms in total. The third-order valence-electron chi connectivity index (χ3n) is 3.15. The number of hydrogen-bond donors (Lipinski definition) is 2. The Balaban J connectivity index is 2.29. The van der Waals surface area contributed by atoms with Crippen LogP contribution in [0.15, 0.2) is 12.1 Å². The zero-order chi connectivity index (χ0) is 11.7. The monoisotopic (exact) mass is 239 g/mol. The van der Waals surface area contributed by atoms with Crippen molar-refractivity contribution in [2.45, 2.75) is 19.8 Å². The van der Waals surface area contributed by atoms with Crippen molar-refractivity contribution in [3.05, 3.63) is 17.2 Å². The molecule has 0 aromatic heterocycles. The van der Waals surface area contributed by atoms with Crippen LogP contribution in [-0.4, -0.2) is 13.1 Å². The quantitative estimate of drug-likeness (QED) is 0.741. The van der Waals surface area contributed by atoms with E-state index in [-0.39, 0.29) is 0 Å². The minimum Gasteiger partial charge on any atom is -0.397 e. The first-order chi connectivity index (χ1) is 7.58. The molecule has 0 saturated carbocycles. The summed E-state index contributed by atoms with van der Waals surface area (Å²) in [5.74, 6) is 0.712. The summed E-state index contributed by atoms with van der Waals surface area (Å²) < 4.78 is 0. The highest BCUT2D eigenvalue weighted by molar-refractivity contribution is 6.33. The maximum Gasteiger partial charge on any atom is 0.0661 e. The summed E-state index contributed by atoms with van der Waals surface area (Å²) in [5, 5.41) is 0.695. The topological polar surface area (TPSA) is 55.3 Å². The second-order valence-electron chi connectivity index (χ2n) is 4.63. The van der Waals surface area contributed by atoms with Crippen molar-refractivity contribution >= 4 is 28.7 Å². The van der Waals surface area contributed by atoms with Crippen LogP contribution in [0.2, 0.25) is 5.02 Å². The Morgan fingerprint density at radius 1 is 1.31 bits per heavy atom. The molecule has 1 atom stereocenters. The Morgan fingerprint density at radius 3 is 2.69 bits per heavy atom. The number of halogens is 1. The van der Waals surface area contributed by atoms with Gasteiger partial charge in [0.15, 0.2) is 0 Å². The minimum absolute atomic E-state index is 0.554. The van der Waals surface area contributed by atoms with Gasteiger partial charge in [0.25, 0.3) is 0 Å². The molecule has 1 aliphatic rings. The molecular formula is C12H18ClN3. The van der Waals surface area contributed by atoms with E-state index in [0.717, 1.165) is 18.8 Å². The molecular weight excluding hydrogens is 222 g/mol. The van der Waals surface area contributed by atoms with E-state index in [1.54, 1.807) is 6.07 Å². The molecule has 4 heteroatoms. The summed E-state index contributed by atoms with van der Waals surface area (Å²) in [5.41, 5.74) is 13.7. The summed E-state index contributed by atoms with van der Waals surface area (Å²) in [7, 11) is 0. The number of nitrogen functional groups attached to an aromatic ring is 2. The zero-order valence-corrected chi connectivity index (χ0v) is 10.3. The van der Waals surface area contributed by atoms with E-state index < -0.39 is 0 Å². The van der Waals surface area contributed by atoms with Crippen molar-refractivity contribution in [2.75, 3.05) is 29.5 Å². The average Bonchev–Trinajstić information content (AvgIpc) is 2.23. The van der Waals surface area contributed by atoms with E-state index in [2.05, 4.69) is 11.8 Å². The van der Waals surface area contributed by atoms with E-state index in [0.29, 0.717) is 22.3 Å². The van der Waals surface area contributed by atoms with Gasteiger partial charge in [-0.3, -0.25) is 0 Å². The summed E-state index contributed by atoms with van der Waals surface area (Å²) in [6.45, 7) is 4.36. The highest BCUT2D eigenvalue weighted by Crippen LogP contribution is 2.34. The first-order valence-electron chi connectivity index (χ1n) is 5.67. The van der Waals surface area contributed by atoms with E-state index >= 15 is 0 Å². The molecule has 1 fully saturated rings. The van der Waals surface area contributed by atoms with Crippen LogP contribution in [-0.2, 0) is 0 Å². The van der Waals surface area contributed by atoms with Gasteiger partial charge in [-0.2, -0.15) is 0 Å². The molecule has 1 saturated heterocycles. The Hall–Kier alpha value is -1.09. The van der Waals surface area contributed by atoms with Gasteiger partial charge in [-0.05, 0) is 30.9 Å². The zero-order valence-electron chi connectivity index (χ0n) is 9.54. The van der Waals surface area contributed by atoms with Crippen molar-refractivity contribution in [1.82, 2.24) is 0 Å². The van der Waals surface area contributed by atoms with Crippen molar-refractivity contribution < 1.29 is 0 Å². The SMILES string of the molecule is C[C@@H]1CCCN(c2cc(N)c(N)cc2Cl)C1. The van der Waals surface area contributed by atoms with Gasteiger partial charge in [-0.1, -0.05) is 18.5 Å². The number of hydrogen-bond acceptors (Lipinski definition) is 3. The van der Waals surface area contributed by atoms with E-state index in [4.69, 9.17) is 23.1 Å². The fraction of sp³-hybridized carbons (Fsp3) is 0.500. The molecule has 0 bridgehead atoms. The van der Waals surface area contributed by atoms with Crippen LogP contribution in [0.4, 0.5) is 17.1 Å². The number of rotatable bonds is 1. The molecule has 0 spiro atoms. The maximum absolute atomic E-state index is 6.21. The van der Waals surface area contributed by atoms with Gasteiger partial charge in [-0.15, -0.1) is 0 Å². The van der Waals surface area contributed by atoms with Gasteiger partial charge in [0.2, 0.25) is 0 Å². The van der Waals surface area contributed by atoms with Gasteiger partial charge >= 0.3 is 0 Å². The lowest BCUT2D eigenvalue weighted by Gasteiger charge is -2.33. The molecule has 1 heterocycles. The van der Waals surface area contributed by atoms with Crippen LogP contribution in [0.3, 0.4) is 0 Å². The smallest absolute Gasteiger partial charge is 0.0661 e. The van der Waals surface area contributed by atoms with E-state index in [1.807, 2.05) is 6.07 Å². The predicted octanol–water partition coefficient (Wildman–Crippen LogP) is 2.74. The molecule has 1 aliphatic heterocycles. The highest BCUT2D eigenvalue weighted by Gasteiger charge is 2.19. The standard InChI is InChI=1S/C12H18ClN3/c1-8-3-2-4-16(7-8)12-6-11(15)10(14)5-9(12)13/h5-6,8H,2-4,7,14-15H2,1H3/t8-/m1/s1. The molecule has 1 aromatic rings. The first kappa shape index (κ1) is 11.4. The maximum atomic E-state index is 6.21. The summed E-state index contributed by atoms with van der Waals surface area (Å²) >= 11 is 6.21. The summed E-state index contributed by atoms with van der Waals surface area (Å²) in [4.78, 5) is 2.30. The molecule has 1 aromatic carbocycles.